The number of nitrogens with zero attached hydrogens (tertiary/aromatic N) is 1. The van der Waals surface area contributed by atoms with Crippen molar-refractivity contribution >= 4 is 21.4 Å². The van der Waals surface area contributed by atoms with E-state index in [9.17, 15) is 13.7 Å². The quantitative estimate of drug-likeness (QED) is 0.711. The van der Waals surface area contributed by atoms with Crippen LogP contribution in [0.2, 0.25) is 5.02 Å². The van der Waals surface area contributed by atoms with Crippen LogP contribution in [0.5, 0.6) is 11.5 Å². The molecule has 2 aromatic carbocycles. The van der Waals surface area contributed by atoms with Gasteiger partial charge in [0.2, 0.25) is 6.79 Å². The maximum absolute atomic E-state index is 13.4. The Labute approximate surface area is 168 Å². The largest absolute Gasteiger partial charge is 0.454 e. The molecule has 2 aliphatic rings. The first-order valence-corrected chi connectivity index (χ1v) is 10.7. The average Bonchev–Trinajstić information content (AvgIpc) is 3.15. The molecule has 1 fully saturated rings. The van der Waals surface area contributed by atoms with Crippen LogP contribution in [0.3, 0.4) is 0 Å². The summed E-state index contributed by atoms with van der Waals surface area (Å²) >= 11 is 5.89. The van der Waals surface area contributed by atoms with Gasteiger partial charge in [-0.05, 0) is 48.9 Å². The lowest BCUT2D eigenvalue weighted by atomic mass is 10.0. The van der Waals surface area contributed by atoms with E-state index in [-0.39, 0.29) is 18.3 Å². The predicted molar refractivity (Wildman–Crippen MR) is 102 cm³/mol. The molecule has 1 saturated carbocycles. The highest BCUT2D eigenvalue weighted by Gasteiger charge is 2.72. The summed E-state index contributed by atoms with van der Waals surface area (Å²) in [4.78, 5) is 0.140. The van der Waals surface area contributed by atoms with Crippen molar-refractivity contribution < 1.29 is 22.6 Å². The van der Waals surface area contributed by atoms with Gasteiger partial charge in [-0.2, -0.15) is 5.26 Å². The maximum atomic E-state index is 13.4. The van der Waals surface area contributed by atoms with Crippen molar-refractivity contribution in [3.05, 3.63) is 53.1 Å². The van der Waals surface area contributed by atoms with Crippen LogP contribution in [0.25, 0.3) is 0 Å². The zero-order chi connectivity index (χ0) is 19.9. The summed E-state index contributed by atoms with van der Waals surface area (Å²) in [5.74, 6) is 0.628. The Morgan fingerprint density at radius 1 is 1.21 bits per heavy atom. The van der Waals surface area contributed by atoms with Crippen LogP contribution >= 0.6 is 11.6 Å². The summed E-state index contributed by atoms with van der Waals surface area (Å²) in [6.07, 6.45) is 0. The fourth-order valence-electron chi connectivity index (χ4n) is 3.82. The van der Waals surface area contributed by atoms with Crippen molar-refractivity contribution in [1.82, 2.24) is 0 Å². The normalized spacial score (nSPS) is 25.3. The third-order valence-electron chi connectivity index (χ3n) is 5.24. The number of ether oxygens (including phenoxy) is 3. The molecule has 146 valence electrons. The Hall–Kier alpha value is -2.27. The van der Waals surface area contributed by atoms with E-state index in [0.29, 0.717) is 28.7 Å². The molecule has 3 atom stereocenters. The number of hydrogen-bond acceptors (Lipinski definition) is 6. The van der Waals surface area contributed by atoms with Crippen LogP contribution < -0.4 is 9.47 Å². The summed E-state index contributed by atoms with van der Waals surface area (Å²) in [7, 11) is -3.78. The minimum atomic E-state index is -3.78. The first-order chi connectivity index (χ1) is 13.4. The van der Waals surface area contributed by atoms with E-state index in [1.54, 1.807) is 18.2 Å². The van der Waals surface area contributed by atoms with Crippen molar-refractivity contribution in [1.29, 1.82) is 5.26 Å². The minimum absolute atomic E-state index is 0.0383. The molecule has 1 aliphatic carbocycles. The molecule has 6 nitrogen and oxygen atoms in total. The zero-order valence-corrected chi connectivity index (χ0v) is 16.7. The number of benzene rings is 2. The number of hydrogen-bond donors (Lipinski definition) is 0. The summed E-state index contributed by atoms with van der Waals surface area (Å²) in [5, 5.41) is 9.49. The number of nitriles is 1. The summed E-state index contributed by atoms with van der Waals surface area (Å²) in [6.45, 7) is 2.37. The SMILES string of the molecule is CCOC[C@]1(C#N)[C@H](c2ccc3c(c2)OCO3)[C@@H]1S(=O)(=O)c1ccc(Cl)cc1. The van der Waals surface area contributed by atoms with Crippen LogP contribution in [-0.2, 0) is 14.6 Å². The molecule has 0 bridgehead atoms. The highest BCUT2D eigenvalue weighted by atomic mass is 35.5. The maximum Gasteiger partial charge on any atom is 0.231 e. The van der Waals surface area contributed by atoms with Crippen molar-refractivity contribution in [2.75, 3.05) is 20.0 Å². The van der Waals surface area contributed by atoms with E-state index in [4.69, 9.17) is 25.8 Å². The molecule has 4 rings (SSSR count). The Morgan fingerprint density at radius 2 is 1.93 bits per heavy atom. The Bertz CT molecular complexity index is 1050. The summed E-state index contributed by atoms with van der Waals surface area (Å²) in [5.41, 5.74) is -0.449. The number of halogens is 1. The molecule has 2 aromatic rings. The topological polar surface area (TPSA) is 85.6 Å². The first-order valence-electron chi connectivity index (χ1n) is 8.82. The van der Waals surface area contributed by atoms with Gasteiger partial charge >= 0.3 is 0 Å². The predicted octanol–water partition coefficient (Wildman–Crippen LogP) is 3.55. The number of sulfone groups is 1. The molecule has 1 heterocycles. The van der Waals surface area contributed by atoms with Gasteiger partial charge in [0.15, 0.2) is 21.3 Å². The third-order valence-corrected chi connectivity index (χ3v) is 7.78. The van der Waals surface area contributed by atoms with E-state index < -0.39 is 26.4 Å². The molecule has 0 radical (unpaired) electrons. The zero-order valence-electron chi connectivity index (χ0n) is 15.1. The number of rotatable bonds is 6. The average molecular weight is 420 g/mol. The van der Waals surface area contributed by atoms with Gasteiger partial charge in [0.25, 0.3) is 0 Å². The lowest BCUT2D eigenvalue weighted by Crippen LogP contribution is -2.19. The second-order valence-electron chi connectivity index (χ2n) is 6.80. The second-order valence-corrected chi connectivity index (χ2v) is 9.30. The van der Waals surface area contributed by atoms with E-state index in [2.05, 4.69) is 6.07 Å². The van der Waals surface area contributed by atoms with Crippen molar-refractivity contribution in [3.63, 3.8) is 0 Å². The Kier molecular flexibility index (Phi) is 4.74. The molecule has 0 spiro atoms. The standard InChI is InChI=1S/C20H18ClNO5S/c1-2-25-11-20(10-22)18(13-3-8-16-17(9-13)27-12-26-16)19(20)28(23,24)15-6-4-14(21)5-7-15/h3-9,18-19H,2,11-12H2,1H3/t18-,19+,20-/m1/s1. The fraction of sp³-hybridized carbons (Fsp3) is 0.350. The van der Waals surface area contributed by atoms with Crippen LogP contribution in [0.4, 0.5) is 0 Å². The van der Waals surface area contributed by atoms with Gasteiger partial charge in [-0.3, -0.25) is 0 Å². The summed E-state index contributed by atoms with van der Waals surface area (Å²) in [6, 6.07) is 13.5. The molecule has 0 N–H and O–H groups in total. The van der Waals surface area contributed by atoms with Gasteiger partial charge in [-0.15, -0.1) is 0 Å². The van der Waals surface area contributed by atoms with Crippen LogP contribution in [0, 0.1) is 16.7 Å². The molecule has 0 saturated heterocycles. The van der Waals surface area contributed by atoms with E-state index in [1.807, 2.05) is 6.92 Å². The summed E-state index contributed by atoms with van der Waals surface area (Å²) < 4.78 is 43.0. The highest BCUT2D eigenvalue weighted by molar-refractivity contribution is 7.92. The molecular weight excluding hydrogens is 402 g/mol. The Balaban J connectivity index is 1.77. The van der Waals surface area contributed by atoms with Gasteiger partial charge in [0.1, 0.15) is 5.41 Å². The second kappa shape index (κ2) is 6.96. The minimum Gasteiger partial charge on any atom is -0.454 e. The van der Waals surface area contributed by atoms with Crippen molar-refractivity contribution in [3.8, 4) is 17.6 Å². The molecule has 28 heavy (non-hydrogen) atoms. The van der Waals surface area contributed by atoms with Gasteiger partial charge in [-0.1, -0.05) is 17.7 Å². The highest BCUT2D eigenvalue weighted by Crippen LogP contribution is 2.64. The molecule has 0 aromatic heterocycles. The lowest BCUT2D eigenvalue weighted by Gasteiger charge is -2.10. The molecule has 0 amide bonds. The van der Waals surface area contributed by atoms with Gasteiger partial charge in [-0.25, -0.2) is 8.42 Å². The van der Waals surface area contributed by atoms with Gasteiger partial charge in [0.05, 0.1) is 22.8 Å². The molecule has 0 unspecified atom stereocenters. The Morgan fingerprint density at radius 3 is 2.61 bits per heavy atom. The fourth-order valence-corrected chi connectivity index (χ4v) is 6.25. The number of fused-ring (bicyclic) bond motifs is 1. The molecular formula is C20H18ClNO5S. The van der Waals surface area contributed by atoms with E-state index in [0.717, 1.165) is 0 Å². The van der Waals surface area contributed by atoms with Crippen LogP contribution in [0.1, 0.15) is 18.4 Å². The first kappa shape index (κ1) is 19.1. The van der Waals surface area contributed by atoms with E-state index >= 15 is 0 Å². The smallest absolute Gasteiger partial charge is 0.231 e. The van der Waals surface area contributed by atoms with Gasteiger partial charge in [0, 0.05) is 17.5 Å². The third kappa shape index (κ3) is 2.93. The van der Waals surface area contributed by atoms with Crippen molar-refractivity contribution in [2.45, 2.75) is 23.0 Å². The molecule has 1 aliphatic heterocycles. The van der Waals surface area contributed by atoms with Crippen LogP contribution in [-0.4, -0.2) is 33.7 Å². The molecule has 8 heteroatoms. The van der Waals surface area contributed by atoms with Gasteiger partial charge < -0.3 is 14.2 Å². The van der Waals surface area contributed by atoms with E-state index in [1.165, 1.54) is 24.3 Å². The lowest BCUT2D eigenvalue weighted by molar-refractivity contribution is 0.117. The van der Waals surface area contributed by atoms with Crippen molar-refractivity contribution in [2.24, 2.45) is 5.41 Å². The monoisotopic (exact) mass is 419 g/mol. The van der Waals surface area contributed by atoms with Crippen LogP contribution in [0.15, 0.2) is 47.4 Å².